The third-order valence-corrected chi connectivity index (χ3v) is 7.03. The molecule has 2 aromatic rings. The predicted molar refractivity (Wildman–Crippen MR) is 96.6 cm³/mol. The van der Waals surface area contributed by atoms with Gasteiger partial charge in [0.05, 0.1) is 19.2 Å². The number of hydrogen-bond donors (Lipinski definition) is 0. The van der Waals surface area contributed by atoms with Crippen LogP contribution >= 0.6 is 0 Å². The topological polar surface area (TPSA) is 84.7 Å². The highest BCUT2D eigenvalue weighted by atomic mass is 32.2. The van der Waals surface area contributed by atoms with Crippen LogP contribution in [0.15, 0.2) is 47.6 Å². The Bertz CT molecular complexity index is 933. The van der Waals surface area contributed by atoms with Crippen molar-refractivity contribution in [1.82, 2.24) is 19.1 Å². The van der Waals surface area contributed by atoms with E-state index in [1.165, 1.54) is 26.4 Å². The maximum atomic E-state index is 12.7. The van der Waals surface area contributed by atoms with Crippen LogP contribution < -0.4 is 0 Å². The summed E-state index contributed by atoms with van der Waals surface area (Å²) in [4.78, 5) is 18.6. The Labute approximate surface area is 158 Å². The van der Waals surface area contributed by atoms with Crippen molar-refractivity contribution in [3.63, 3.8) is 0 Å². The molecule has 2 aliphatic heterocycles. The van der Waals surface area contributed by atoms with Crippen LogP contribution in [-0.4, -0.2) is 52.2 Å². The first-order valence-corrected chi connectivity index (χ1v) is 10.3. The van der Waals surface area contributed by atoms with Crippen molar-refractivity contribution in [2.75, 3.05) is 13.1 Å². The van der Waals surface area contributed by atoms with Crippen LogP contribution in [0, 0.1) is 0 Å². The van der Waals surface area contributed by atoms with Crippen molar-refractivity contribution in [3.05, 3.63) is 48.3 Å². The first-order valence-electron chi connectivity index (χ1n) is 8.90. The van der Waals surface area contributed by atoms with E-state index in [9.17, 15) is 13.2 Å². The monoisotopic (exact) mass is 390 g/mol. The molecule has 0 aliphatic carbocycles. The van der Waals surface area contributed by atoms with Crippen molar-refractivity contribution >= 4 is 15.9 Å². The highest BCUT2D eigenvalue weighted by Gasteiger charge is 2.48. The van der Waals surface area contributed by atoms with Gasteiger partial charge in [0.15, 0.2) is 0 Å². The lowest BCUT2D eigenvalue weighted by atomic mass is 9.89. The number of hydrogen-bond acceptors (Lipinski definition) is 5. The minimum absolute atomic E-state index is 0.0533. The van der Waals surface area contributed by atoms with E-state index in [1.54, 1.807) is 7.05 Å². The van der Waals surface area contributed by atoms with Crippen molar-refractivity contribution in [2.24, 2.45) is 7.05 Å². The van der Waals surface area contributed by atoms with Crippen LogP contribution in [0.25, 0.3) is 0 Å². The summed E-state index contributed by atoms with van der Waals surface area (Å²) in [6, 6.07) is 9.67. The zero-order chi connectivity index (χ0) is 19.1. The molecule has 0 atom stereocenters. The standard InChI is InChI=1S/C18H22N4O4S/c1-20-14-16(12-19-20)27(24,25)21-9-7-18(8-10-21)11-17(23)22(26-18)13-15-5-3-2-4-6-15/h2-6,12,14H,7-11,13H2,1H3. The molecule has 0 N–H and O–H groups in total. The lowest BCUT2D eigenvalue weighted by Gasteiger charge is -2.36. The van der Waals surface area contributed by atoms with Crippen LogP contribution in [0.3, 0.4) is 0 Å². The van der Waals surface area contributed by atoms with Gasteiger partial charge >= 0.3 is 0 Å². The van der Waals surface area contributed by atoms with Gasteiger partial charge in [0.1, 0.15) is 10.5 Å². The van der Waals surface area contributed by atoms with E-state index in [2.05, 4.69) is 5.10 Å². The van der Waals surface area contributed by atoms with Gasteiger partial charge < -0.3 is 0 Å². The van der Waals surface area contributed by atoms with Gasteiger partial charge in [-0.3, -0.25) is 14.3 Å². The molecule has 4 rings (SSSR count). The Morgan fingerprint density at radius 2 is 1.89 bits per heavy atom. The molecule has 1 aromatic carbocycles. The molecule has 0 radical (unpaired) electrons. The SMILES string of the molecule is Cn1cc(S(=O)(=O)N2CCC3(CC2)CC(=O)N(Cc2ccccc2)O3)cn1. The number of aromatic nitrogens is 2. The molecule has 2 aliphatic rings. The number of aryl methyl sites for hydroxylation is 1. The molecule has 1 aromatic heterocycles. The third-order valence-electron chi connectivity index (χ3n) is 5.18. The smallest absolute Gasteiger partial charge is 0.249 e. The van der Waals surface area contributed by atoms with Crippen LogP contribution in [0.4, 0.5) is 0 Å². The molecule has 8 nitrogen and oxygen atoms in total. The van der Waals surface area contributed by atoms with Gasteiger partial charge in [-0.15, -0.1) is 0 Å². The van der Waals surface area contributed by atoms with Crippen molar-refractivity contribution in [3.8, 4) is 0 Å². The van der Waals surface area contributed by atoms with E-state index in [1.807, 2.05) is 30.3 Å². The number of piperidine rings is 1. The molecular weight excluding hydrogens is 368 g/mol. The molecule has 2 saturated heterocycles. The van der Waals surface area contributed by atoms with E-state index >= 15 is 0 Å². The van der Waals surface area contributed by atoms with Crippen LogP contribution in [-0.2, 0) is 33.2 Å². The van der Waals surface area contributed by atoms with Gasteiger partial charge in [0.25, 0.3) is 0 Å². The van der Waals surface area contributed by atoms with Gasteiger partial charge in [-0.1, -0.05) is 30.3 Å². The summed E-state index contributed by atoms with van der Waals surface area (Å²) >= 11 is 0. The van der Waals surface area contributed by atoms with E-state index in [4.69, 9.17) is 4.84 Å². The van der Waals surface area contributed by atoms with Gasteiger partial charge in [-0.25, -0.2) is 13.5 Å². The molecular formula is C18H22N4O4S. The Hall–Kier alpha value is -2.23. The normalized spacial score (nSPS) is 20.5. The molecule has 144 valence electrons. The number of rotatable bonds is 4. The number of carbonyl (C=O) groups is 1. The van der Waals surface area contributed by atoms with Crippen molar-refractivity contribution < 1.29 is 18.0 Å². The van der Waals surface area contributed by atoms with E-state index in [0.717, 1.165) is 5.56 Å². The number of hydroxylamine groups is 2. The molecule has 27 heavy (non-hydrogen) atoms. The fourth-order valence-electron chi connectivity index (χ4n) is 3.63. The largest absolute Gasteiger partial charge is 0.274 e. The molecule has 1 spiro atoms. The molecule has 3 heterocycles. The lowest BCUT2D eigenvalue weighted by molar-refractivity contribution is -0.212. The molecule has 9 heteroatoms. The molecule has 2 fully saturated rings. The summed E-state index contributed by atoms with van der Waals surface area (Å²) in [6.45, 7) is 1.05. The first-order chi connectivity index (χ1) is 12.9. The third kappa shape index (κ3) is 3.50. The van der Waals surface area contributed by atoms with Crippen LogP contribution in [0.5, 0.6) is 0 Å². The molecule has 0 saturated carbocycles. The quantitative estimate of drug-likeness (QED) is 0.786. The van der Waals surface area contributed by atoms with E-state index < -0.39 is 15.6 Å². The van der Waals surface area contributed by atoms with Gasteiger partial charge in [-0.2, -0.15) is 9.40 Å². The van der Waals surface area contributed by atoms with Gasteiger partial charge in [0.2, 0.25) is 15.9 Å². The molecule has 0 bridgehead atoms. The van der Waals surface area contributed by atoms with E-state index in [-0.39, 0.29) is 10.8 Å². The zero-order valence-electron chi connectivity index (χ0n) is 15.1. The van der Waals surface area contributed by atoms with Crippen molar-refractivity contribution in [2.45, 2.75) is 36.3 Å². The fourth-order valence-corrected chi connectivity index (χ4v) is 5.06. The molecule has 0 unspecified atom stereocenters. The van der Waals surface area contributed by atoms with Crippen LogP contribution in [0.2, 0.25) is 0 Å². The highest BCUT2D eigenvalue weighted by Crippen LogP contribution is 2.38. The highest BCUT2D eigenvalue weighted by molar-refractivity contribution is 7.89. The summed E-state index contributed by atoms with van der Waals surface area (Å²) in [5.74, 6) is -0.0533. The second-order valence-electron chi connectivity index (χ2n) is 7.12. The maximum absolute atomic E-state index is 12.7. The Morgan fingerprint density at radius 1 is 1.19 bits per heavy atom. The number of carbonyl (C=O) groups excluding carboxylic acids is 1. The summed E-state index contributed by atoms with van der Waals surface area (Å²) < 4.78 is 28.4. The summed E-state index contributed by atoms with van der Waals surface area (Å²) in [6.07, 6.45) is 4.13. The minimum Gasteiger partial charge on any atom is -0.274 e. The average molecular weight is 390 g/mol. The van der Waals surface area contributed by atoms with Gasteiger partial charge in [-0.05, 0) is 18.4 Å². The maximum Gasteiger partial charge on any atom is 0.249 e. The summed E-state index contributed by atoms with van der Waals surface area (Å²) in [7, 11) is -1.88. The molecule has 1 amide bonds. The lowest BCUT2D eigenvalue weighted by Crippen LogP contribution is -2.46. The predicted octanol–water partition coefficient (Wildman–Crippen LogP) is 1.31. The fraction of sp³-hybridized carbons (Fsp3) is 0.444. The Kier molecular flexibility index (Phi) is 4.53. The number of amides is 1. The van der Waals surface area contributed by atoms with E-state index in [0.29, 0.717) is 38.9 Å². The van der Waals surface area contributed by atoms with Gasteiger partial charge in [0, 0.05) is 26.3 Å². The number of nitrogens with zero attached hydrogens (tertiary/aromatic N) is 4. The van der Waals surface area contributed by atoms with Crippen LogP contribution in [0.1, 0.15) is 24.8 Å². The Balaban J connectivity index is 1.42. The van der Waals surface area contributed by atoms with Crippen molar-refractivity contribution in [1.29, 1.82) is 0 Å². The minimum atomic E-state index is -3.57. The number of sulfonamides is 1. The first kappa shape index (κ1) is 18.1. The summed E-state index contributed by atoms with van der Waals surface area (Å²) in [5.41, 5.74) is 0.395. The average Bonchev–Trinajstić information content (AvgIpc) is 3.21. The Morgan fingerprint density at radius 3 is 2.52 bits per heavy atom. The number of benzene rings is 1. The second kappa shape index (κ2) is 6.74. The second-order valence-corrected chi connectivity index (χ2v) is 9.06. The summed E-state index contributed by atoms with van der Waals surface area (Å²) in [5, 5.41) is 5.36. The zero-order valence-corrected chi connectivity index (χ0v) is 15.9.